The minimum absolute atomic E-state index is 0. The molecule has 0 saturated carbocycles. The number of methoxy groups -OCH3 is 1. The first-order valence-corrected chi connectivity index (χ1v) is 7.35. The molecule has 2 rings (SSSR count). The first-order chi connectivity index (χ1) is 10.1. The van der Waals surface area contributed by atoms with Gasteiger partial charge >= 0.3 is 5.97 Å². The van der Waals surface area contributed by atoms with Crippen molar-refractivity contribution in [3.8, 4) is 5.75 Å². The van der Waals surface area contributed by atoms with E-state index in [4.69, 9.17) is 9.47 Å². The number of hydrogen-bond donors (Lipinski definition) is 0. The fourth-order valence-corrected chi connectivity index (χ4v) is 2.49. The number of carbonyl (C=O) groups is 1. The van der Waals surface area contributed by atoms with E-state index in [1.165, 1.54) is 0 Å². The van der Waals surface area contributed by atoms with Crippen LogP contribution < -0.4 is 4.74 Å². The quantitative estimate of drug-likeness (QED) is 0.772. The SMILES string of the molecule is COc1ccccc1C(=O)OC(C)CN1CCN(C)CC1.Cl. The van der Waals surface area contributed by atoms with Gasteiger partial charge in [-0.3, -0.25) is 4.90 Å². The predicted octanol–water partition coefficient (Wildman–Crippen LogP) is 1.91. The van der Waals surface area contributed by atoms with E-state index in [1.54, 1.807) is 19.2 Å². The Bertz CT molecular complexity index is 476. The van der Waals surface area contributed by atoms with Crippen LogP contribution in [0.25, 0.3) is 0 Å². The molecular weight excluding hydrogens is 304 g/mol. The summed E-state index contributed by atoms with van der Waals surface area (Å²) in [5.41, 5.74) is 0.477. The standard InChI is InChI=1S/C16H24N2O3.ClH/c1-13(12-18-10-8-17(2)9-11-18)21-16(19)14-6-4-5-7-15(14)20-3;/h4-7,13H,8-12H2,1-3H3;1H. The van der Waals surface area contributed by atoms with Gasteiger partial charge < -0.3 is 14.4 Å². The van der Waals surface area contributed by atoms with Crippen LogP contribution in [0.4, 0.5) is 0 Å². The maximum absolute atomic E-state index is 12.2. The molecule has 0 N–H and O–H groups in total. The molecule has 1 aliphatic heterocycles. The largest absolute Gasteiger partial charge is 0.496 e. The lowest BCUT2D eigenvalue weighted by Crippen LogP contribution is -2.47. The number of benzene rings is 1. The van der Waals surface area contributed by atoms with Gasteiger partial charge in [0.1, 0.15) is 17.4 Å². The molecule has 0 aromatic heterocycles. The number of likely N-dealkylation sites (N-methyl/N-ethyl adjacent to an activating group) is 1. The van der Waals surface area contributed by atoms with Crippen LogP contribution in [0.2, 0.25) is 0 Å². The number of carbonyl (C=O) groups excluding carboxylic acids is 1. The highest BCUT2D eigenvalue weighted by Gasteiger charge is 2.20. The zero-order valence-electron chi connectivity index (χ0n) is 13.4. The Kier molecular flexibility index (Phi) is 7.65. The number of halogens is 1. The van der Waals surface area contributed by atoms with Gasteiger partial charge in [0, 0.05) is 32.7 Å². The Morgan fingerprint density at radius 1 is 1.23 bits per heavy atom. The molecule has 0 bridgehead atoms. The molecule has 1 saturated heterocycles. The normalized spacial score (nSPS) is 17.4. The second kappa shape index (κ2) is 8.98. The zero-order valence-corrected chi connectivity index (χ0v) is 14.3. The van der Waals surface area contributed by atoms with Gasteiger partial charge in [0.25, 0.3) is 0 Å². The summed E-state index contributed by atoms with van der Waals surface area (Å²) in [4.78, 5) is 16.8. The highest BCUT2D eigenvalue weighted by molar-refractivity contribution is 5.92. The number of piperazine rings is 1. The van der Waals surface area contributed by atoms with E-state index in [0.717, 1.165) is 32.7 Å². The van der Waals surface area contributed by atoms with Crippen molar-refractivity contribution in [1.82, 2.24) is 9.80 Å². The zero-order chi connectivity index (χ0) is 15.2. The Morgan fingerprint density at radius 3 is 2.50 bits per heavy atom. The molecule has 0 radical (unpaired) electrons. The van der Waals surface area contributed by atoms with E-state index in [2.05, 4.69) is 16.8 Å². The second-order valence-electron chi connectivity index (χ2n) is 5.52. The third kappa shape index (κ3) is 5.16. The molecule has 124 valence electrons. The van der Waals surface area contributed by atoms with E-state index >= 15 is 0 Å². The summed E-state index contributed by atoms with van der Waals surface area (Å²) in [5.74, 6) is 0.225. The third-order valence-electron chi connectivity index (χ3n) is 3.75. The van der Waals surface area contributed by atoms with Crippen molar-refractivity contribution in [2.45, 2.75) is 13.0 Å². The molecular formula is C16H25ClN2O3. The Morgan fingerprint density at radius 2 is 1.86 bits per heavy atom. The number of nitrogens with zero attached hydrogens (tertiary/aromatic N) is 2. The van der Waals surface area contributed by atoms with Crippen LogP contribution in [-0.2, 0) is 4.74 Å². The summed E-state index contributed by atoms with van der Waals surface area (Å²) in [6, 6.07) is 7.14. The summed E-state index contributed by atoms with van der Waals surface area (Å²) < 4.78 is 10.7. The second-order valence-corrected chi connectivity index (χ2v) is 5.52. The lowest BCUT2D eigenvalue weighted by Gasteiger charge is -2.33. The van der Waals surface area contributed by atoms with Crippen molar-refractivity contribution < 1.29 is 14.3 Å². The van der Waals surface area contributed by atoms with Crippen molar-refractivity contribution in [1.29, 1.82) is 0 Å². The maximum atomic E-state index is 12.2. The summed E-state index contributed by atoms with van der Waals surface area (Å²) in [6.07, 6.45) is -0.134. The first kappa shape index (κ1) is 18.7. The smallest absolute Gasteiger partial charge is 0.342 e. The van der Waals surface area contributed by atoms with Gasteiger partial charge in [0.05, 0.1) is 7.11 Å². The summed E-state index contributed by atoms with van der Waals surface area (Å²) in [5, 5.41) is 0. The minimum atomic E-state index is -0.325. The average Bonchev–Trinajstić information content (AvgIpc) is 2.49. The summed E-state index contributed by atoms with van der Waals surface area (Å²) in [7, 11) is 3.68. The van der Waals surface area contributed by atoms with Gasteiger partial charge in [-0.15, -0.1) is 12.4 Å². The first-order valence-electron chi connectivity index (χ1n) is 7.35. The molecule has 1 atom stereocenters. The number of ether oxygens (including phenoxy) is 2. The molecule has 22 heavy (non-hydrogen) atoms. The molecule has 1 aromatic carbocycles. The van der Waals surface area contributed by atoms with Gasteiger partial charge in [0.15, 0.2) is 0 Å². The van der Waals surface area contributed by atoms with Crippen molar-refractivity contribution in [3.05, 3.63) is 29.8 Å². The average molecular weight is 329 g/mol. The molecule has 0 aliphatic carbocycles. The van der Waals surface area contributed by atoms with Crippen molar-refractivity contribution >= 4 is 18.4 Å². The molecule has 1 unspecified atom stereocenters. The molecule has 1 fully saturated rings. The monoisotopic (exact) mass is 328 g/mol. The highest BCUT2D eigenvalue weighted by atomic mass is 35.5. The van der Waals surface area contributed by atoms with Gasteiger partial charge in [-0.1, -0.05) is 12.1 Å². The van der Waals surface area contributed by atoms with E-state index in [1.807, 2.05) is 19.1 Å². The molecule has 6 heteroatoms. The molecule has 1 aliphatic rings. The number of hydrogen-bond acceptors (Lipinski definition) is 5. The van der Waals surface area contributed by atoms with Gasteiger partial charge in [-0.25, -0.2) is 4.79 Å². The van der Waals surface area contributed by atoms with Crippen LogP contribution in [0.15, 0.2) is 24.3 Å². The number of rotatable bonds is 5. The molecule has 0 amide bonds. The lowest BCUT2D eigenvalue weighted by atomic mass is 10.2. The summed E-state index contributed by atoms with van der Waals surface area (Å²) >= 11 is 0. The molecule has 5 nitrogen and oxygen atoms in total. The Hall–Kier alpha value is -1.30. The van der Waals surface area contributed by atoms with E-state index in [0.29, 0.717) is 11.3 Å². The highest BCUT2D eigenvalue weighted by Crippen LogP contribution is 2.19. The van der Waals surface area contributed by atoms with Gasteiger partial charge in [-0.05, 0) is 26.1 Å². The number of para-hydroxylation sites is 1. The van der Waals surface area contributed by atoms with E-state index < -0.39 is 0 Å². The van der Waals surface area contributed by atoms with E-state index in [-0.39, 0.29) is 24.5 Å². The van der Waals surface area contributed by atoms with E-state index in [9.17, 15) is 4.79 Å². The lowest BCUT2D eigenvalue weighted by molar-refractivity contribution is 0.0204. The number of esters is 1. The fourth-order valence-electron chi connectivity index (χ4n) is 2.49. The fraction of sp³-hybridized carbons (Fsp3) is 0.562. The van der Waals surface area contributed by atoms with Crippen LogP contribution in [0, 0.1) is 0 Å². The van der Waals surface area contributed by atoms with Crippen LogP contribution in [0.3, 0.4) is 0 Å². The van der Waals surface area contributed by atoms with Gasteiger partial charge in [0.2, 0.25) is 0 Å². The molecule has 0 spiro atoms. The molecule has 1 heterocycles. The van der Waals surface area contributed by atoms with Crippen LogP contribution in [0.1, 0.15) is 17.3 Å². The van der Waals surface area contributed by atoms with Gasteiger partial charge in [-0.2, -0.15) is 0 Å². The third-order valence-corrected chi connectivity index (χ3v) is 3.75. The predicted molar refractivity (Wildman–Crippen MR) is 89.1 cm³/mol. The Labute approximate surface area is 138 Å². The van der Waals surface area contributed by atoms with Crippen molar-refractivity contribution in [2.75, 3.05) is 46.9 Å². The summed E-state index contributed by atoms with van der Waals surface area (Å²) in [6.45, 7) is 6.88. The van der Waals surface area contributed by atoms with Crippen LogP contribution >= 0.6 is 12.4 Å². The Balaban J connectivity index is 0.00000242. The maximum Gasteiger partial charge on any atom is 0.342 e. The van der Waals surface area contributed by atoms with Crippen molar-refractivity contribution in [2.24, 2.45) is 0 Å². The van der Waals surface area contributed by atoms with Crippen LogP contribution in [-0.4, -0.2) is 68.8 Å². The minimum Gasteiger partial charge on any atom is -0.496 e. The molecule has 1 aromatic rings. The van der Waals surface area contributed by atoms with Crippen LogP contribution in [0.5, 0.6) is 5.75 Å². The van der Waals surface area contributed by atoms with Crippen molar-refractivity contribution in [3.63, 3.8) is 0 Å². The topological polar surface area (TPSA) is 42.0 Å².